The Bertz CT molecular complexity index is 259. The molecule has 0 saturated carbocycles. The molecule has 0 aliphatic heterocycles. The Labute approximate surface area is 74.4 Å². The van der Waals surface area contributed by atoms with Gasteiger partial charge in [0.1, 0.15) is 5.76 Å². The molecular formula is C9H15NOSi. The van der Waals surface area contributed by atoms with Gasteiger partial charge in [0.15, 0.2) is 0 Å². The Balaban J connectivity index is 2.63. The molecule has 0 bridgehead atoms. The molecule has 0 unspecified atom stereocenters. The average Bonchev–Trinajstić information content (AvgIpc) is 2.32. The molecule has 0 aliphatic rings. The van der Waals surface area contributed by atoms with Gasteiger partial charge in [-0.2, -0.15) is 0 Å². The lowest BCUT2D eigenvalue weighted by molar-refractivity contribution is 0.514. The first-order valence-electron chi connectivity index (χ1n) is 4.01. The summed E-state index contributed by atoms with van der Waals surface area (Å²) in [6.07, 6.45) is 1.87. The lowest BCUT2D eigenvalue weighted by Gasteiger charge is -2.20. The van der Waals surface area contributed by atoms with Gasteiger partial charge in [-0.05, 0) is 31.8 Å². The number of rotatable bonds is 3. The molecule has 1 N–H and O–H groups in total. The zero-order chi connectivity index (χ0) is 9.19. The topological polar surface area (TPSA) is 25.0 Å². The van der Waals surface area contributed by atoms with Gasteiger partial charge in [0.25, 0.3) is 0 Å². The normalized spacial score (nSPS) is 11.2. The van der Waals surface area contributed by atoms with Crippen LogP contribution in [0.5, 0.6) is 0 Å². The van der Waals surface area contributed by atoms with Crippen LogP contribution in [0.4, 0.5) is 0 Å². The Morgan fingerprint density at radius 3 is 2.58 bits per heavy atom. The zero-order valence-corrected chi connectivity index (χ0v) is 8.85. The Hall–Kier alpha value is -0.963. The maximum atomic E-state index is 5.70. The van der Waals surface area contributed by atoms with Crippen LogP contribution in [0.25, 0.3) is 5.76 Å². The molecule has 0 aliphatic carbocycles. The van der Waals surface area contributed by atoms with Gasteiger partial charge in [0.05, 0.1) is 5.69 Å². The summed E-state index contributed by atoms with van der Waals surface area (Å²) in [6.45, 7) is 10.3. The monoisotopic (exact) mass is 181 g/mol. The Morgan fingerprint density at radius 2 is 2.17 bits per heavy atom. The van der Waals surface area contributed by atoms with Crippen molar-refractivity contribution in [3.63, 3.8) is 0 Å². The molecule has 1 aromatic rings. The summed E-state index contributed by atoms with van der Waals surface area (Å²) in [5.41, 5.74) is 0.970. The number of aromatic amines is 1. The van der Waals surface area contributed by atoms with Crippen LogP contribution in [-0.2, 0) is 4.43 Å². The van der Waals surface area contributed by atoms with Gasteiger partial charge in [0.2, 0.25) is 8.32 Å². The van der Waals surface area contributed by atoms with E-state index in [-0.39, 0.29) is 0 Å². The Kier molecular flexibility index (Phi) is 2.42. The smallest absolute Gasteiger partial charge is 0.242 e. The van der Waals surface area contributed by atoms with E-state index in [1.54, 1.807) is 0 Å². The SMILES string of the molecule is C=C(O[Si](C)(C)C)c1ccc[nH]1. The van der Waals surface area contributed by atoms with Crippen molar-refractivity contribution in [2.75, 3.05) is 0 Å². The van der Waals surface area contributed by atoms with E-state index in [0.29, 0.717) is 0 Å². The Morgan fingerprint density at radius 1 is 1.50 bits per heavy atom. The van der Waals surface area contributed by atoms with Crippen molar-refractivity contribution >= 4 is 14.1 Å². The molecular weight excluding hydrogens is 166 g/mol. The lowest BCUT2D eigenvalue weighted by Crippen LogP contribution is -2.24. The molecule has 2 nitrogen and oxygen atoms in total. The van der Waals surface area contributed by atoms with E-state index in [1.807, 2.05) is 18.3 Å². The minimum Gasteiger partial charge on any atom is -0.543 e. The lowest BCUT2D eigenvalue weighted by atomic mass is 10.4. The van der Waals surface area contributed by atoms with Crippen molar-refractivity contribution in [2.24, 2.45) is 0 Å². The van der Waals surface area contributed by atoms with Crippen molar-refractivity contribution in [3.8, 4) is 0 Å². The van der Waals surface area contributed by atoms with Crippen LogP contribution < -0.4 is 0 Å². The standard InChI is InChI=1S/C9H15NOSi/c1-8(11-12(2,3)4)9-6-5-7-10-9/h5-7,10H,1H2,2-4H3. The summed E-state index contributed by atoms with van der Waals surface area (Å²) in [5, 5.41) is 0. The summed E-state index contributed by atoms with van der Waals surface area (Å²) < 4.78 is 5.70. The second kappa shape index (κ2) is 3.19. The fourth-order valence-corrected chi connectivity index (χ4v) is 1.78. The molecule has 0 atom stereocenters. The summed E-state index contributed by atoms with van der Waals surface area (Å²) in [7, 11) is -1.50. The highest BCUT2D eigenvalue weighted by Crippen LogP contribution is 2.16. The number of nitrogens with one attached hydrogen (secondary N) is 1. The number of hydrogen-bond acceptors (Lipinski definition) is 1. The van der Waals surface area contributed by atoms with E-state index >= 15 is 0 Å². The minimum absolute atomic E-state index is 0.749. The van der Waals surface area contributed by atoms with Crippen molar-refractivity contribution in [1.29, 1.82) is 0 Å². The molecule has 0 fully saturated rings. The first-order valence-corrected chi connectivity index (χ1v) is 7.41. The first kappa shape index (κ1) is 9.13. The van der Waals surface area contributed by atoms with Gasteiger partial charge in [-0.25, -0.2) is 0 Å². The van der Waals surface area contributed by atoms with Gasteiger partial charge < -0.3 is 9.41 Å². The van der Waals surface area contributed by atoms with Gasteiger partial charge in [-0.1, -0.05) is 6.58 Å². The summed E-state index contributed by atoms with van der Waals surface area (Å²) >= 11 is 0. The highest BCUT2D eigenvalue weighted by Gasteiger charge is 2.17. The second-order valence-electron chi connectivity index (χ2n) is 3.72. The molecule has 0 radical (unpaired) electrons. The maximum absolute atomic E-state index is 5.70. The zero-order valence-electron chi connectivity index (χ0n) is 7.85. The summed E-state index contributed by atoms with van der Waals surface area (Å²) in [4.78, 5) is 3.06. The van der Waals surface area contributed by atoms with Gasteiger partial charge in [-0.3, -0.25) is 0 Å². The van der Waals surface area contributed by atoms with E-state index in [0.717, 1.165) is 11.5 Å². The van der Waals surface area contributed by atoms with Crippen LogP contribution in [0.3, 0.4) is 0 Å². The highest BCUT2D eigenvalue weighted by atomic mass is 28.4. The molecule has 12 heavy (non-hydrogen) atoms. The molecule has 1 rings (SSSR count). The predicted molar refractivity (Wildman–Crippen MR) is 54.3 cm³/mol. The largest absolute Gasteiger partial charge is 0.543 e. The van der Waals surface area contributed by atoms with Gasteiger partial charge in [-0.15, -0.1) is 0 Å². The summed E-state index contributed by atoms with van der Waals surface area (Å²) in [6, 6.07) is 3.90. The van der Waals surface area contributed by atoms with Gasteiger partial charge >= 0.3 is 0 Å². The van der Waals surface area contributed by atoms with Crippen LogP contribution in [0.2, 0.25) is 19.6 Å². The molecule has 0 aromatic carbocycles. The number of hydrogen-bond donors (Lipinski definition) is 1. The molecule has 0 spiro atoms. The maximum Gasteiger partial charge on any atom is 0.242 e. The van der Waals surface area contributed by atoms with Crippen LogP contribution in [0, 0.1) is 0 Å². The van der Waals surface area contributed by atoms with E-state index in [1.165, 1.54) is 0 Å². The fourth-order valence-electron chi connectivity index (χ4n) is 0.928. The van der Waals surface area contributed by atoms with Crippen LogP contribution in [-0.4, -0.2) is 13.3 Å². The highest BCUT2D eigenvalue weighted by molar-refractivity contribution is 6.70. The minimum atomic E-state index is -1.50. The van der Waals surface area contributed by atoms with Crippen LogP contribution in [0.15, 0.2) is 24.9 Å². The molecule has 66 valence electrons. The molecule has 1 heterocycles. The van der Waals surface area contributed by atoms with Crippen molar-refractivity contribution in [2.45, 2.75) is 19.6 Å². The third-order valence-corrected chi connectivity index (χ3v) is 2.19. The van der Waals surface area contributed by atoms with E-state index in [2.05, 4.69) is 31.2 Å². The average molecular weight is 181 g/mol. The third-order valence-electron chi connectivity index (χ3n) is 1.33. The first-order chi connectivity index (χ1) is 5.49. The van der Waals surface area contributed by atoms with Gasteiger partial charge in [0, 0.05) is 6.20 Å². The van der Waals surface area contributed by atoms with Crippen molar-refractivity contribution in [1.82, 2.24) is 4.98 Å². The molecule has 3 heteroatoms. The fraction of sp³-hybridized carbons (Fsp3) is 0.333. The predicted octanol–water partition coefficient (Wildman–Crippen LogP) is 2.84. The van der Waals surface area contributed by atoms with Crippen molar-refractivity contribution < 1.29 is 4.43 Å². The molecule has 0 saturated heterocycles. The molecule has 1 aromatic heterocycles. The van der Waals surface area contributed by atoms with E-state index < -0.39 is 8.32 Å². The van der Waals surface area contributed by atoms with E-state index in [9.17, 15) is 0 Å². The third kappa shape index (κ3) is 2.58. The molecule has 0 amide bonds. The number of aromatic nitrogens is 1. The van der Waals surface area contributed by atoms with Crippen molar-refractivity contribution in [3.05, 3.63) is 30.6 Å². The quantitative estimate of drug-likeness (QED) is 0.563. The van der Waals surface area contributed by atoms with Crippen LogP contribution >= 0.6 is 0 Å². The summed E-state index contributed by atoms with van der Waals surface area (Å²) in [5.74, 6) is 0.749. The van der Waals surface area contributed by atoms with E-state index in [4.69, 9.17) is 4.43 Å². The number of H-pyrrole nitrogens is 1. The van der Waals surface area contributed by atoms with Crippen LogP contribution in [0.1, 0.15) is 5.69 Å². The second-order valence-corrected chi connectivity index (χ2v) is 8.15.